The summed E-state index contributed by atoms with van der Waals surface area (Å²) in [4.78, 5) is 11.9. The minimum Gasteiger partial charge on any atom is -0.460 e. The van der Waals surface area contributed by atoms with Gasteiger partial charge in [-0.25, -0.2) is 0 Å². The summed E-state index contributed by atoms with van der Waals surface area (Å²) in [7, 11) is 0. The fraction of sp³-hybridized carbons (Fsp3) is 0.500. The molecule has 98 valence electrons. The summed E-state index contributed by atoms with van der Waals surface area (Å²) >= 11 is 5.88. The van der Waals surface area contributed by atoms with E-state index >= 15 is 0 Å². The molecule has 1 heterocycles. The molecule has 3 nitrogen and oxygen atoms in total. The Morgan fingerprint density at radius 1 is 1.39 bits per heavy atom. The van der Waals surface area contributed by atoms with Crippen molar-refractivity contribution in [1.29, 1.82) is 0 Å². The zero-order valence-electron chi connectivity index (χ0n) is 10.3. The van der Waals surface area contributed by atoms with Gasteiger partial charge in [0.05, 0.1) is 0 Å². The largest absolute Gasteiger partial charge is 0.460 e. The monoisotopic (exact) mass is 267 g/mol. The second-order valence-corrected chi connectivity index (χ2v) is 5.03. The third-order valence-electron chi connectivity index (χ3n) is 3.11. The lowest BCUT2D eigenvalue weighted by atomic mass is 10.1. The Morgan fingerprint density at radius 3 is 3.11 bits per heavy atom. The Hall–Kier alpha value is -1.06. The normalized spacial score (nSPS) is 20.2. The van der Waals surface area contributed by atoms with Gasteiger partial charge in [0.25, 0.3) is 0 Å². The summed E-state index contributed by atoms with van der Waals surface area (Å²) in [5.41, 5.74) is 0.921. The average molecular weight is 268 g/mol. The van der Waals surface area contributed by atoms with Crippen LogP contribution in [0, 0.1) is 0 Å². The molecule has 1 saturated heterocycles. The van der Waals surface area contributed by atoms with Crippen LogP contribution in [0.15, 0.2) is 24.3 Å². The van der Waals surface area contributed by atoms with E-state index in [-0.39, 0.29) is 18.6 Å². The Morgan fingerprint density at radius 2 is 2.28 bits per heavy atom. The smallest absolute Gasteiger partial charge is 0.323 e. The molecule has 1 unspecified atom stereocenters. The maximum atomic E-state index is 11.9. The Bertz CT molecular complexity index is 401. The van der Waals surface area contributed by atoms with Gasteiger partial charge in [0.15, 0.2) is 0 Å². The lowest BCUT2D eigenvalue weighted by Gasteiger charge is -2.14. The zero-order valence-corrected chi connectivity index (χ0v) is 11.1. The van der Waals surface area contributed by atoms with Crippen LogP contribution in [0.4, 0.5) is 0 Å². The molecule has 0 saturated carbocycles. The third-order valence-corrected chi connectivity index (χ3v) is 3.35. The number of hydrogen-bond donors (Lipinski definition) is 1. The van der Waals surface area contributed by atoms with Gasteiger partial charge < -0.3 is 10.1 Å². The highest BCUT2D eigenvalue weighted by atomic mass is 35.5. The molecular formula is C14H18ClNO2. The maximum Gasteiger partial charge on any atom is 0.323 e. The number of halogens is 1. The highest BCUT2D eigenvalue weighted by molar-refractivity contribution is 6.30. The van der Waals surface area contributed by atoms with Gasteiger partial charge in [-0.15, -0.1) is 0 Å². The topological polar surface area (TPSA) is 38.3 Å². The Labute approximate surface area is 112 Å². The van der Waals surface area contributed by atoms with Crippen LogP contribution in [0.25, 0.3) is 0 Å². The Balaban J connectivity index is 1.83. The van der Waals surface area contributed by atoms with Crippen molar-refractivity contribution in [3.63, 3.8) is 0 Å². The summed E-state index contributed by atoms with van der Waals surface area (Å²) < 4.78 is 5.32. The van der Waals surface area contributed by atoms with Crippen molar-refractivity contribution in [3.05, 3.63) is 34.9 Å². The third kappa shape index (κ3) is 4.00. The molecule has 1 aliphatic heterocycles. The van der Waals surface area contributed by atoms with Crippen molar-refractivity contribution in [2.24, 2.45) is 0 Å². The van der Waals surface area contributed by atoms with E-state index in [0.717, 1.165) is 31.4 Å². The zero-order chi connectivity index (χ0) is 12.8. The number of nitrogens with one attached hydrogen (secondary N) is 1. The van der Waals surface area contributed by atoms with E-state index < -0.39 is 0 Å². The van der Waals surface area contributed by atoms with Gasteiger partial charge in [-0.05, 0) is 37.1 Å². The van der Waals surface area contributed by atoms with E-state index in [2.05, 4.69) is 5.32 Å². The molecule has 1 aromatic rings. The quantitative estimate of drug-likeness (QED) is 0.856. The van der Waals surface area contributed by atoms with E-state index in [4.69, 9.17) is 16.3 Å². The molecule has 0 spiro atoms. The van der Waals surface area contributed by atoms with Gasteiger partial charge in [-0.1, -0.05) is 36.6 Å². The predicted molar refractivity (Wildman–Crippen MR) is 71.5 cm³/mol. The van der Waals surface area contributed by atoms with E-state index in [1.165, 1.54) is 6.42 Å². The van der Waals surface area contributed by atoms with Crippen molar-refractivity contribution in [3.8, 4) is 0 Å². The van der Waals surface area contributed by atoms with Crippen molar-refractivity contribution < 1.29 is 9.53 Å². The van der Waals surface area contributed by atoms with Crippen LogP contribution in [0.1, 0.15) is 31.2 Å². The van der Waals surface area contributed by atoms with Crippen LogP contribution in [-0.2, 0) is 16.1 Å². The molecule has 2 rings (SSSR count). The van der Waals surface area contributed by atoms with E-state index in [1.54, 1.807) is 6.07 Å². The minimum atomic E-state index is -0.156. The first-order chi connectivity index (χ1) is 8.75. The molecule has 4 heteroatoms. The molecule has 0 amide bonds. The number of benzene rings is 1. The van der Waals surface area contributed by atoms with Crippen LogP contribution < -0.4 is 5.32 Å². The molecule has 0 bridgehead atoms. The SMILES string of the molecule is O=C(OCc1cccc(Cl)c1)C1CCCCCN1. The molecule has 0 aliphatic carbocycles. The summed E-state index contributed by atoms with van der Waals surface area (Å²) in [6, 6.07) is 7.23. The number of carbonyl (C=O) groups is 1. The first-order valence-corrected chi connectivity index (χ1v) is 6.78. The lowest BCUT2D eigenvalue weighted by molar-refractivity contribution is -0.147. The summed E-state index contributed by atoms with van der Waals surface area (Å²) in [6.45, 7) is 1.19. The fourth-order valence-electron chi connectivity index (χ4n) is 2.11. The fourth-order valence-corrected chi connectivity index (χ4v) is 2.32. The van der Waals surface area contributed by atoms with Crippen molar-refractivity contribution in [2.45, 2.75) is 38.3 Å². The molecule has 1 fully saturated rings. The van der Waals surface area contributed by atoms with E-state index in [9.17, 15) is 4.79 Å². The molecule has 0 aromatic heterocycles. The average Bonchev–Trinajstić information content (AvgIpc) is 2.65. The first-order valence-electron chi connectivity index (χ1n) is 6.40. The van der Waals surface area contributed by atoms with Crippen LogP contribution in [-0.4, -0.2) is 18.6 Å². The van der Waals surface area contributed by atoms with Gasteiger partial charge in [-0.3, -0.25) is 4.79 Å². The highest BCUT2D eigenvalue weighted by Gasteiger charge is 2.20. The molecule has 0 radical (unpaired) electrons. The van der Waals surface area contributed by atoms with E-state index in [1.807, 2.05) is 18.2 Å². The second-order valence-electron chi connectivity index (χ2n) is 4.59. The molecule has 1 N–H and O–H groups in total. The molecule has 18 heavy (non-hydrogen) atoms. The number of carbonyl (C=O) groups excluding carboxylic acids is 1. The highest BCUT2D eigenvalue weighted by Crippen LogP contribution is 2.13. The molecule has 1 aliphatic rings. The van der Waals surface area contributed by atoms with Gasteiger partial charge in [-0.2, -0.15) is 0 Å². The second kappa shape index (κ2) is 6.76. The molecule has 1 aromatic carbocycles. The minimum absolute atomic E-state index is 0.147. The number of hydrogen-bond acceptors (Lipinski definition) is 3. The Kier molecular flexibility index (Phi) is 5.02. The number of rotatable bonds is 3. The lowest BCUT2D eigenvalue weighted by Crippen LogP contribution is -2.37. The molecule has 1 atom stereocenters. The summed E-state index contributed by atoms with van der Waals surface area (Å²) in [6.07, 6.45) is 4.28. The van der Waals surface area contributed by atoms with Crippen LogP contribution in [0.5, 0.6) is 0 Å². The van der Waals surface area contributed by atoms with Crippen LogP contribution >= 0.6 is 11.6 Å². The number of esters is 1. The van der Waals surface area contributed by atoms with Crippen molar-refractivity contribution in [2.75, 3.05) is 6.54 Å². The predicted octanol–water partition coefficient (Wildman–Crippen LogP) is 2.92. The summed E-state index contributed by atoms with van der Waals surface area (Å²) in [5, 5.41) is 3.89. The van der Waals surface area contributed by atoms with Gasteiger partial charge in [0.2, 0.25) is 0 Å². The standard InChI is InChI=1S/C14H18ClNO2/c15-12-6-4-5-11(9-12)10-18-14(17)13-7-2-1-3-8-16-13/h4-6,9,13,16H,1-3,7-8,10H2. The van der Waals surface area contributed by atoms with Crippen molar-refractivity contribution >= 4 is 17.6 Å². The van der Waals surface area contributed by atoms with E-state index in [0.29, 0.717) is 5.02 Å². The van der Waals surface area contributed by atoms with Gasteiger partial charge >= 0.3 is 5.97 Å². The van der Waals surface area contributed by atoms with Crippen molar-refractivity contribution in [1.82, 2.24) is 5.32 Å². The van der Waals surface area contributed by atoms with Gasteiger partial charge in [0, 0.05) is 5.02 Å². The number of ether oxygens (including phenoxy) is 1. The summed E-state index contributed by atoms with van der Waals surface area (Å²) in [5.74, 6) is -0.156. The first kappa shape index (κ1) is 13.4. The van der Waals surface area contributed by atoms with Crippen LogP contribution in [0.3, 0.4) is 0 Å². The van der Waals surface area contributed by atoms with Crippen LogP contribution in [0.2, 0.25) is 5.02 Å². The van der Waals surface area contributed by atoms with Gasteiger partial charge in [0.1, 0.15) is 12.6 Å². The molecular weight excluding hydrogens is 250 g/mol. The maximum absolute atomic E-state index is 11.9.